The average molecular weight is 329 g/mol. The highest BCUT2D eigenvalue weighted by Gasteiger charge is 2.12. The van der Waals surface area contributed by atoms with E-state index in [0.717, 1.165) is 28.9 Å². The van der Waals surface area contributed by atoms with Crippen LogP contribution in [0.4, 0.5) is 0 Å². The highest BCUT2D eigenvalue weighted by molar-refractivity contribution is 9.10. The van der Waals surface area contributed by atoms with Gasteiger partial charge in [0.25, 0.3) is 0 Å². The quantitative estimate of drug-likeness (QED) is 0.816. The first-order chi connectivity index (χ1) is 8.88. The van der Waals surface area contributed by atoms with Crippen LogP contribution in [-0.4, -0.2) is 17.1 Å². The summed E-state index contributed by atoms with van der Waals surface area (Å²) in [5, 5.41) is 3.40. The Morgan fingerprint density at radius 1 is 1.26 bits per heavy atom. The molecule has 0 amide bonds. The number of ether oxygens (including phenoxy) is 1. The van der Waals surface area contributed by atoms with Crippen LogP contribution in [0.1, 0.15) is 46.6 Å². The topological polar surface area (TPSA) is 34.1 Å². The van der Waals surface area contributed by atoms with Crippen molar-refractivity contribution >= 4 is 15.9 Å². The molecule has 0 radical (unpaired) electrons. The van der Waals surface area contributed by atoms with Gasteiger partial charge in [0.1, 0.15) is 0 Å². The van der Waals surface area contributed by atoms with Gasteiger partial charge in [-0.2, -0.15) is 0 Å². The Bertz CT molecular complexity index is 394. The molecule has 0 spiro atoms. The number of aromatic nitrogens is 1. The zero-order valence-electron chi connectivity index (χ0n) is 12.5. The van der Waals surface area contributed by atoms with Gasteiger partial charge in [0.05, 0.1) is 6.10 Å². The van der Waals surface area contributed by atoms with Crippen LogP contribution in [0.2, 0.25) is 0 Å². The van der Waals surface area contributed by atoms with Gasteiger partial charge in [-0.05, 0) is 41.3 Å². The molecule has 0 aliphatic rings. The van der Waals surface area contributed by atoms with Crippen molar-refractivity contribution in [1.29, 1.82) is 0 Å². The average Bonchev–Trinajstić information content (AvgIpc) is 2.28. The first-order valence-electron chi connectivity index (χ1n) is 6.93. The van der Waals surface area contributed by atoms with E-state index in [1.165, 1.54) is 0 Å². The number of hydrogen-bond donors (Lipinski definition) is 1. The predicted octanol–water partition coefficient (Wildman–Crippen LogP) is 4.16. The van der Waals surface area contributed by atoms with Gasteiger partial charge in [-0.3, -0.25) is 0 Å². The lowest BCUT2D eigenvalue weighted by molar-refractivity contribution is 0.183. The standard InChI is InChI=1S/C15H25BrN2O/c1-10(2)6-12(5)19-15-13(8-17-11(3)4)7-14(16)9-18-15/h7,9-12,17H,6,8H2,1-5H3. The van der Waals surface area contributed by atoms with E-state index in [0.29, 0.717) is 12.0 Å². The largest absolute Gasteiger partial charge is 0.474 e. The molecular formula is C15H25BrN2O. The van der Waals surface area contributed by atoms with Crippen molar-refractivity contribution in [2.24, 2.45) is 5.92 Å². The minimum Gasteiger partial charge on any atom is -0.474 e. The number of rotatable bonds is 7. The molecule has 1 aromatic rings. The first-order valence-corrected chi connectivity index (χ1v) is 7.72. The fraction of sp³-hybridized carbons (Fsp3) is 0.667. The zero-order chi connectivity index (χ0) is 14.4. The van der Waals surface area contributed by atoms with E-state index in [9.17, 15) is 0 Å². The summed E-state index contributed by atoms with van der Waals surface area (Å²) in [5.74, 6) is 1.37. The summed E-state index contributed by atoms with van der Waals surface area (Å²) in [4.78, 5) is 4.39. The lowest BCUT2D eigenvalue weighted by Crippen LogP contribution is -2.23. The number of hydrogen-bond acceptors (Lipinski definition) is 3. The van der Waals surface area contributed by atoms with Gasteiger partial charge in [0.15, 0.2) is 0 Å². The van der Waals surface area contributed by atoms with Crippen molar-refractivity contribution < 1.29 is 4.74 Å². The van der Waals surface area contributed by atoms with Crippen LogP contribution >= 0.6 is 15.9 Å². The summed E-state index contributed by atoms with van der Waals surface area (Å²) in [6, 6.07) is 2.51. The molecule has 108 valence electrons. The molecule has 1 unspecified atom stereocenters. The molecule has 1 rings (SSSR count). The molecule has 0 saturated carbocycles. The minimum atomic E-state index is 0.187. The molecule has 1 heterocycles. The van der Waals surface area contributed by atoms with Crippen molar-refractivity contribution in [3.63, 3.8) is 0 Å². The monoisotopic (exact) mass is 328 g/mol. The van der Waals surface area contributed by atoms with Gasteiger partial charge in [0.2, 0.25) is 5.88 Å². The van der Waals surface area contributed by atoms with Crippen LogP contribution in [-0.2, 0) is 6.54 Å². The van der Waals surface area contributed by atoms with E-state index in [2.05, 4.69) is 66.9 Å². The van der Waals surface area contributed by atoms with Crippen molar-refractivity contribution in [1.82, 2.24) is 10.3 Å². The maximum absolute atomic E-state index is 5.97. The molecular weight excluding hydrogens is 304 g/mol. The van der Waals surface area contributed by atoms with Crippen LogP contribution in [0.3, 0.4) is 0 Å². The summed E-state index contributed by atoms with van der Waals surface area (Å²) >= 11 is 3.46. The fourth-order valence-electron chi connectivity index (χ4n) is 1.92. The van der Waals surface area contributed by atoms with Gasteiger partial charge in [-0.25, -0.2) is 4.98 Å². The first kappa shape index (κ1) is 16.4. The van der Waals surface area contributed by atoms with Crippen LogP contribution in [0.15, 0.2) is 16.7 Å². The summed E-state index contributed by atoms with van der Waals surface area (Å²) in [6.07, 6.45) is 3.01. The molecule has 0 fully saturated rings. The second-order valence-corrected chi connectivity index (χ2v) is 6.63. The molecule has 0 aliphatic heterocycles. The third-order valence-electron chi connectivity index (χ3n) is 2.71. The second-order valence-electron chi connectivity index (χ2n) is 5.71. The molecule has 0 saturated heterocycles. The van der Waals surface area contributed by atoms with Gasteiger partial charge in [0, 0.05) is 28.8 Å². The summed E-state index contributed by atoms with van der Waals surface area (Å²) in [5.41, 5.74) is 1.10. The Labute approximate surface area is 125 Å². The molecule has 19 heavy (non-hydrogen) atoms. The molecule has 1 N–H and O–H groups in total. The zero-order valence-corrected chi connectivity index (χ0v) is 14.1. The van der Waals surface area contributed by atoms with E-state index >= 15 is 0 Å². The van der Waals surface area contributed by atoms with Crippen LogP contribution in [0, 0.1) is 5.92 Å². The Morgan fingerprint density at radius 2 is 1.95 bits per heavy atom. The van der Waals surface area contributed by atoms with Gasteiger partial charge >= 0.3 is 0 Å². The molecule has 0 bridgehead atoms. The maximum Gasteiger partial charge on any atom is 0.218 e. The van der Waals surface area contributed by atoms with E-state index in [-0.39, 0.29) is 6.10 Å². The van der Waals surface area contributed by atoms with E-state index < -0.39 is 0 Å². The fourth-order valence-corrected chi connectivity index (χ4v) is 2.30. The summed E-state index contributed by atoms with van der Waals surface area (Å²) in [7, 11) is 0. The SMILES string of the molecule is CC(C)CC(C)Oc1ncc(Br)cc1CNC(C)C. The molecule has 1 aromatic heterocycles. The molecule has 3 nitrogen and oxygen atoms in total. The van der Waals surface area contributed by atoms with E-state index in [1.807, 2.05) is 0 Å². The highest BCUT2D eigenvalue weighted by Crippen LogP contribution is 2.22. The number of halogens is 1. The van der Waals surface area contributed by atoms with Crippen LogP contribution in [0.25, 0.3) is 0 Å². The lowest BCUT2D eigenvalue weighted by atomic mass is 10.1. The van der Waals surface area contributed by atoms with Gasteiger partial charge < -0.3 is 10.1 Å². The Hall–Kier alpha value is -0.610. The maximum atomic E-state index is 5.97. The Morgan fingerprint density at radius 3 is 2.53 bits per heavy atom. The van der Waals surface area contributed by atoms with Gasteiger partial charge in [-0.15, -0.1) is 0 Å². The predicted molar refractivity (Wildman–Crippen MR) is 83.5 cm³/mol. The van der Waals surface area contributed by atoms with Crippen molar-refractivity contribution in [2.75, 3.05) is 0 Å². The lowest BCUT2D eigenvalue weighted by Gasteiger charge is -2.19. The van der Waals surface area contributed by atoms with Crippen LogP contribution in [0.5, 0.6) is 5.88 Å². The van der Waals surface area contributed by atoms with E-state index in [4.69, 9.17) is 4.74 Å². The number of nitrogens with zero attached hydrogens (tertiary/aromatic N) is 1. The highest BCUT2D eigenvalue weighted by atomic mass is 79.9. The molecule has 0 aromatic carbocycles. The Kier molecular flexibility index (Phi) is 6.80. The van der Waals surface area contributed by atoms with E-state index in [1.54, 1.807) is 6.20 Å². The van der Waals surface area contributed by atoms with Gasteiger partial charge in [-0.1, -0.05) is 27.7 Å². The smallest absolute Gasteiger partial charge is 0.218 e. The third-order valence-corrected chi connectivity index (χ3v) is 3.14. The molecule has 4 heteroatoms. The summed E-state index contributed by atoms with van der Waals surface area (Å²) < 4.78 is 6.95. The second kappa shape index (κ2) is 7.85. The number of nitrogens with one attached hydrogen (secondary N) is 1. The summed E-state index contributed by atoms with van der Waals surface area (Å²) in [6.45, 7) is 11.5. The molecule has 0 aliphatic carbocycles. The van der Waals surface area contributed by atoms with Crippen LogP contribution < -0.4 is 10.1 Å². The normalized spacial score (nSPS) is 13.1. The van der Waals surface area contributed by atoms with Crippen molar-refractivity contribution in [2.45, 2.75) is 59.7 Å². The molecule has 1 atom stereocenters. The Balaban J connectivity index is 2.75. The van der Waals surface area contributed by atoms with Crippen molar-refractivity contribution in [3.05, 3.63) is 22.3 Å². The van der Waals surface area contributed by atoms with Crippen molar-refractivity contribution in [3.8, 4) is 5.88 Å². The minimum absolute atomic E-state index is 0.187. The number of pyridine rings is 1. The third kappa shape index (κ3) is 6.39.